The summed E-state index contributed by atoms with van der Waals surface area (Å²) in [6.07, 6.45) is 0. The largest absolute Gasteiger partial charge is 0.494 e. The summed E-state index contributed by atoms with van der Waals surface area (Å²) in [4.78, 5) is 27.5. The minimum Gasteiger partial charge on any atom is -0.494 e. The Kier molecular flexibility index (Phi) is 4.98. The van der Waals surface area contributed by atoms with Crippen LogP contribution in [0.4, 0.5) is 5.69 Å². The molecule has 1 aliphatic heterocycles. The normalized spacial score (nSPS) is 14.3. The average molecular weight is 445 g/mol. The van der Waals surface area contributed by atoms with Gasteiger partial charge in [-0.3, -0.25) is 9.59 Å². The van der Waals surface area contributed by atoms with E-state index in [0.717, 1.165) is 33.3 Å². The number of hydrogen-bond acceptors (Lipinski definition) is 3. The van der Waals surface area contributed by atoms with Crippen LogP contribution in [-0.2, 0) is 16.1 Å². The molecule has 0 bridgehead atoms. The molecule has 6 heteroatoms. The molecule has 5 rings (SSSR count). The SMILES string of the molecule is CCOc1ccc(C2=C(Cl)C(=O)N(c3ccc4c(c3)c3ccccc3n4CC)C2=O)cc1. The van der Waals surface area contributed by atoms with Crippen molar-refractivity contribution in [3.63, 3.8) is 0 Å². The number of benzene rings is 3. The molecule has 160 valence electrons. The average Bonchev–Trinajstić information content (AvgIpc) is 3.24. The smallest absolute Gasteiger partial charge is 0.277 e. The molecule has 3 aromatic carbocycles. The Morgan fingerprint density at radius 1 is 0.844 bits per heavy atom. The maximum Gasteiger partial charge on any atom is 0.277 e. The van der Waals surface area contributed by atoms with E-state index in [1.807, 2.05) is 31.2 Å². The van der Waals surface area contributed by atoms with Crippen LogP contribution in [0.2, 0.25) is 0 Å². The first-order valence-electron chi connectivity index (χ1n) is 10.6. The van der Waals surface area contributed by atoms with E-state index in [1.54, 1.807) is 30.3 Å². The zero-order valence-electron chi connectivity index (χ0n) is 17.8. The molecule has 0 saturated carbocycles. The van der Waals surface area contributed by atoms with Crippen molar-refractivity contribution in [1.29, 1.82) is 0 Å². The molecule has 4 aromatic rings. The zero-order chi connectivity index (χ0) is 22.4. The second-order valence-electron chi connectivity index (χ2n) is 7.55. The number of nitrogens with zero attached hydrogens (tertiary/aromatic N) is 2. The van der Waals surface area contributed by atoms with Crippen molar-refractivity contribution in [2.24, 2.45) is 0 Å². The lowest BCUT2D eigenvalue weighted by molar-refractivity contribution is -0.119. The number of ether oxygens (including phenoxy) is 1. The van der Waals surface area contributed by atoms with Gasteiger partial charge in [0.1, 0.15) is 10.8 Å². The lowest BCUT2D eigenvalue weighted by atomic mass is 10.1. The predicted octanol–water partition coefficient (Wildman–Crippen LogP) is 5.74. The van der Waals surface area contributed by atoms with Gasteiger partial charge in [0.25, 0.3) is 11.8 Å². The molecule has 1 aliphatic rings. The maximum absolute atomic E-state index is 13.3. The Morgan fingerprint density at radius 2 is 1.56 bits per heavy atom. The standard InChI is InChI=1S/C26H21ClN2O3/c1-3-28-21-8-6-5-7-19(21)20-15-17(11-14-22(20)28)29-25(30)23(24(27)26(29)31)16-9-12-18(13-10-16)32-4-2/h5-15H,3-4H2,1-2H3. The number of carbonyl (C=O) groups excluding carboxylic acids is 2. The highest BCUT2D eigenvalue weighted by Crippen LogP contribution is 2.38. The van der Waals surface area contributed by atoms with Gasteiger partial charge < -0.3 is 9.30 Å². The summed E-state index contributed by atoms with van der Waals surface area (Å²) >= 11 is 6.38. The molecule has 1 aromatic heterocycles. The van der Waals surface area contributed by atoms with Crippen molar-refractivity contribution in [2.75, 3.05) is 11.5 Å². The van der Waals surface area contributed by atoms with Gasteiger partial charge in [0.05, 0.1) is 17.9 Å². The van der Waals surface area contributed by atoms with Crippen molar-refractivity contribution >= 4 is 56.5 Å². The topological polar surface area (TPSA) is 51.5 Å². The van der Waals surface area contributed by atoms with Crippen LogP contribution < -0.4 is 9.64 Å². The van der Waals surface area contributed by atoms with Crippen LogP contribution in [0.3, 0.4) is 0 Å². The van der Waals surface area contributed by atoms with Crippen molar-refractivity contribution in [3.8, 4) is 5.75 Å². The van der Waals surface area contributed by atoms with Crippen molar-refractivity contribution < 1.29 is 14.3 Å². The lowest BCUT2D eigenvalue weighted by Crippen LogP contribution is -2.31. The van der Waals surface area contributed by atoms with Crippen LogP contribution in [0.1, 0.15) is 19.4 Å². The molecule has 0 unspecified atom stereocenters. The minimum absolute atomic E-state index is 0.0738. The van der Waals surface area contributed by atoms with Crippen LogP contribution in [0.15, 0.2) is 71.8 Å². The number of anilines is 1. The van der Waals surface area contributed by atoms with Gasteiger partial charge in [0.2, 0.25) is 0 Å². The Labute approximate surface area is 190 Å². The summed E-state index contributed by atoms with van der Waals surface area (Å²) in [5, 5.41) is 2.00. The van der Waals surface area contributed by atoms with Crippen LogP contribution in [0.5, 0.6) is 5.75 Å². The zero-order valence-corrected chi connectivity index (χ0v) is 18.5. The van der Waals surface area contributed by atoms with Crippen molar-refractivity contribution in [3.05, 3.63) is 77.3 Å². The quantitative estimate of drug-likeness (QED) is 0.369. The van der Waals surface area contributed by atoms with E-state index in [-0.39, 0.29) is 10.6 Å². The lowest BCUT2D eigenvalue weighted by Gasteiger charge is -2.15. The van der Waals surface area contributed by atoms with Gasteiger partial charge in [-0.25, -0.2) is 4.90 Å². The predicted molar refractivity (Wildman–Crippen MR) is 128 cm³/mol. The molecular formula is C26H21ClN2O3. The second kappa shape index (κ2) is 7.84. The van der Waals surface area contributed by atoms with Gasteiger partial charge in [0.15, 0.2) is 0 Å². The highest BCUT2D eigenvalue weighted by atomic mass is 35.5. The van der Waals surface area contributed by atoms with Crippen LogP contribution in [-0.4, -0.2) is 23.0 Å². The number of imide groups is 1. The van der Waals surface area contributed by atoms with Gasteiger partial charge in [-0.05, 0) is 55.8 Å². The number of para-hydroxylation sites is 1. The molecule has 2 amide bonds. The van der Waals surface area contributed by atoms with Gasteiger partial charge in [-0.2, -0.15) is 0 Å². The monoisotopic (exact) mass is 444 g/mol. The summed E-state index contributed by atoms with van der Waals surface area (Å²) in [7, 11) is 0. The molecular weight excluding hydrogens is 424 g/mol. The third-order valence-corrected chi connectivity index (χ3v) is 6.16. The van der Waals surface area contributed by atoms with E-state index in [4.69, 9.17) is 16.3 Å². The highest BCUT2D eigenvalue weighted by molar-refractivity contribution is 6.60. The number of carbonyl (C=O) groups is 2. The summed E-state index contributed by atoms with van der Waals surface area (Å²) in [6.45, 7) is 5.37. The van der Waals surface area contributed by atoms with Gasteiger partial charge >= 0.3 is 0 Å². The first-order chi connectivity index (χ1) is 15.5. The third-order valence-electron chi connectivity index (χ3n) is 5.81. The number of rotatable bonds is 5. The molecule has 5 nitrogen and oxygen atoms in total. The fourth-order valence-corrected chi connectivity index (χ4v) is 4.67. The summed E-state index contributed by atoms with van der Waals surface area (Å²) in [5.41, 5.74) is 3.47. The molecule has 0 atom stereocenters. The number of hydrogen-bond donors (Lipinski definition) is 0. The molecule has 0 saturated heterocycles. The fourth-order valence-electron chi connectivity index (χ4n) is 4.39. The molecule has 0 fully saturated rings. The van der Waals surface area contributed by atoms with E-state index in [2.05, 4.69) is 23.6 Å². The Hall–Kier alpha value is -3.57. The first kappa shape index (κ1) is 20.3. The van der Waals surface area contributed by atoms with Gasteiger partial charge in [0, 0.05) is 28.4 Å². The third kappa shape index (κ3) is 3.00. The summed E-state index contributed by atoms with van der Waals surface area (Å²) < 4.78 is 7.68. The first-order valence-corrected chi connectivity index (χ1v) is 11.0. The molecule has 32 heavy (non-hydrogen) atoms. The highest BCUT2D eigenvalue weighted by Gasteiger charge is 2.39. The van der Waals surface area contributed by atoms with E-state index in [9.17, 15) is 9.59 Å². The summed E-state index contributed by atoms with van der Waals surface area (Å²) in [5.74, 6) is -0.249. The van der Waals surface area contributed by atoms with Crippen LogP contribution >= 0.6 is 11.6 Å². The van der Waals surface area contributed by atoms with Crippen LogP contribution in [0.25, 0.3) is 27.4 Å². The van der Waals surface area contributed by atoms with Gasteiger partial charge in [-0.15, -0.1) is 0 Å². The molecule has 0 aliphatic carbocycles. The Bertz CT molecular complexity index is 1420. The van der Waals surface area contributed by atoms with Crippen molar-refractivity contribution in [2.45, 2.75) is 20.4 Å². The van der Waals surface area contributed by atoms with Crippen LogP contribution in [0, 0.1) is 0 Å². The Balaban J connectivity index is 1.58. The van der Waals surface area contributed by atoms with Gasteiger partial charge in [-0.1, -0.05) is 41.9 Å². The Morgan fingerprint density at radius 3 is 2.28 bits per heavy atom. The number of aromatic nitrogens is 1. The van der Waals surface area contributed by atoms with Crippen molar-refractivity contribution in [1.82, 2.24) is 4.57 Å². The van der Waals surface area contributed by atoms with E-state index < -0.39 is 11.8 Å². The number of amides is 2. The molecule has 0 spiro atoms. The minimum atomic E-state index is -0.515. The van der Waals surface area contributed by atoms with E-state index >= 15 is 0 Å². The fraction of sp³-hybridized carbons (Fsp3) is 0.154. The second-order valence-corrected chi connectivity index (χ2v) is 7.93. The number of fused-ring (bicyclic) bond motifs is 3. The van der Waals surface area contributed by atoms with E-state index in [1.165, 1.54) is 0 Å². The number of aryl methyl sites for hydroxylation is 1. The molecule has 0 radical (unpaired) electrons. The molecule has 0 N–H and O–H groups in total. The van der Waals surface area contributed by atoms with E-state index in [0.29, 0.717) is 23.6 Å². The molecule has 2 heterocycles. The maximum atomic E-state index is 13.3. The summed E-state index contributed by atoms with van der Waals surface area (Å²) in [6, 6.07) is 20.8. The number of halogens is 1.